The van der Waals surface area contributed by atoms with E-state index in [1.807, 2.05) is 60.6 Å². The van der Waals surface area contributed by atoms with Crippen LogP contribution in [0.15, 0.2) is 36.5 Å². The summed E-state index contributed by atoms with van der Waals surface area (Å²) in [4.78, 5) is 12.3. The molecule has 10 heteroatoms. The normalized spacial score (nSPS) is 14.3. The van der Waals surface area contributed by atoms with E-state index in [1.165, 1.54) is 6.08 Å². The van der Waals surface area contributed by atoms with Crippen LogP contribution in [0.25, 0.3) is 22.8 Å². The Morgan fingerprint density at radius 3 is 2.81 bits per heavy atom. The lowest BCUT2D eigenvalue weighted by molar-refractivity contribution is -0.114. The van der Waals surface area contributed by atoms with Gasteiger partial charge in [-0.25, -0.2) is 4.72 Å². The first kappa shape index (κ1) is 22.1. The summed E-state index contributed by atoms with van der Waals surface area (Å²) < 4.78 is 37.8. The molecule has 9 nitrogen and oxygen atoms in total. The van der Waals surface area contributed by atoms with Gasteiger partial charge in [-0.3, -0.25) is 9.48 Å². The molecule has 1 aliphatic carbocycles. The molecule has 0 saturated heterocycles. The molecule has 1 fully saturated rings. The maximum Gasteiger partial charge on any atom is 0.301 e. The number of ether oxygens (including phenoxy) is 1. The Balaban J connectivity index is 1.61. The number of nitrogens with zero attached hydrogens (tertiary/aromatic N) is 3. The van der Waals surface area contributed by atoms with E-state index in [9.17, 15) is 13.2 Å². The first-order chi connectivity index (χ1) is 15.3. The number of nitrogens with one attached hydrogen (secondary N) is 2. The Morgan fingerprint density at radius 1 is 1.31 bits per heavy atom. The fourth-order valence-corrected chi connectivity index (χ4v) is 4.46. The third kappa shape index (κ3) is 4.86. The number of hydrogen-bond acceptors (Lipinski definition) is 5. The minimum atomic E-state index is -3.88. The van der Waals surface area contributed by atoms with Crippen LogP contribution in [0.2, 0.25) is 0 Å². The van der Waals surface area contributed by atoms with Crippen molar-refractivity contribution in [2.24, 2.45) is 13.0 Å². The van der Waals surface area contributed by atoms with Gasteiger partial charge in [0, 0.05) is 42.9 Å². The minimum Gasteiger partial charge on any atom is -0.494 e. The Bertz CT molecular complexity index is 1290. The van der Waals surface area contributed by atoms with Gasteiger partial charge in [-0.15, -0.1) is 0 Å². The van der Waals surface area contributed by atoms with Gasteiger partial charge in [0.15, 0.2) is 0 Å². The first-order valence-electron chi connectivity index (χ1n) is 10.5. The highest BCUT2D eigenvalue weighted by Gasteiger charge is 2.24. The van der Waals surface area contributed by atoms with Crippen LogP contribution >= 0.6 is 0 Å². The lowest BCUT2D eigenvalue weighted by Gasteiger charge is -2.09. The smallest absolute Gasteiger partial charge is 0.301 e. The second-order valence-electron chi connectivity index (χ2n) is 7.88. The SMILES string of the molecule is CCOc1ccc2ccn(-c3c(C=CC(=O)NS(=O)(=O)NCC4CC4)c(C)nn3C)c2c1. The predicted molar refractivity (Wildman–Crippen MR) is 123 cm³/mol. The fraction of sp³-hybridized carbons (Fsp3) is 0.364. The zero-order valence-corrected chi connectivity index (χ0v) is 19.1. The number of hydrogen-bond donors (Lipinski definition) is 2. The Labute approximate surface area is 187 Å². The molecule has 0 radical (unpaired) electrons. The number of fused-ring (bicyclic) bond motifs is 1. The number of carbonyl (C=O) groups is 1. The molecule has 1 saturated carbocycles. The summed E-state index contributed by atoms with van der Waals surface area (Å²) in [6.07, 6.45) is 6.75. The molecule has 1 aliphatic rings. The van der Waals surface area contributed by atoms with Crippen LogP contribution in [-0.2, 0) is 22.1 Å². The Kier molecular flexibility index (Phi) is 6.07. The van der Waals surface area contributed by atoms with Crippen LogP contribution < -0.4 is 14.2 Å². The van der Waals surface area contributed by atoms with Crippen LogP contribution in [0.1, 0.15) is 31.0 Å². The van der Waals surface area contributed by atoms with Crippen LogP contribution in [0, 0.1) is 12.8 Å². The van der Waals surface area contributed by atoms with Crippen molar-refractivity contribution in [3.8, 4) is 11.6 Å². The van der Waals surface area contributed by atoms with E-state index in [1.54, 1.807) is 10.8 Å². The molecule has 170 valence electrons. The zero-order chi connectivity index (χ0) is 22.9. The second kappa shape index (κ2) is 8.79. The summed E-state index contributed by atoms with van der Waals surface area (Å²) in [5, 5.41) is 5.53. The lowest BCUT2D eigenvalue weighted by atomic mass is 10.2. The van der Waals surface area contributed by atoms with E-state index in [-0.39, 0.29) is 0 Å². The molecule has 0 atom stereocenters. The molecule has 1 amide bonds. The number of carbonyl (C=O) groups excluding carboxylic acids is 1. The van der Waals surface area contributed by atoms with E-state index in [0.717, 1.165) is 35.3 Å². The molecule has 0 bridgehead atoms. The van der Waals surface area contributed by atoms with Gasteiger partial charge < -0.3 is 9.30 Å². The van der Waals surface area contributed by atoms with Crippen molar-refractivity contribution in [2.45, 2.75) is 26.7 Å². The van der Waals surface area contributed by atoms with Crippen molar-refractivity contribution in [3.63, 3.8) is 0 Å². The molecule has 2 heterocycles. The van der Waals surface area contributed by atoms with Crippen molar-refractivity contribution >= 4 is 33.1 Å². The van der Waals surface area contributed by atoms with E-state index < -0.39 is 16.1 Å². The van der Waals surface area contributed by atoms with Gasteiger partial charge in [-0.1, -0.05) is 0 Å². The molecule has 3 aromatic rings. The van der Waals surface area contributed by atoms with Crippen molar-refractivity contribution in [2.75, 3.05) is 13.2 Å². The maximum absolute atomic E-state index is 12.3. The quantitative estimate of drug-likeness (QED) is 0.480. The standard InChI is InChI=1S/C22H27N5O4S/c1-4-31-18-8-7-17-11-12-27(20(17)13-18)22-19(15(2)24-26(22)3)9-10-21(28)25-32(29,30)23-14-16-5-6-16/h7-13,16,23H,4-6,14H2,1-3H3,(H,25,28). The van der Waals surface area contributed by atoms with Gasteiger partial charge in [0.25, 0.3) is 5.91 Å². The van der Waals surface area contributed by atoms with Gasteiger partial charge in [0.1, 0.15) is 11.6 Å². The van der Waals surface area contributed by atoms with E-state index in [0.29, 0.717) is 30.3 Å². The topological polar surface area (TPSA) is 107 Å². The van der Waals surface area contributed by atoms with E-state index in [2.05, 4.69) is 9.82 Å². The van der Waals surface area contributed by atoms with Crippen LogP contribution in [-0.4, -0.2) is 41.8 Å². The Hall–Kier alpha value is -3.11. The van der Waals surface area contributed by atoms with Gasteiger partial charge in [-0.05, 0) is 56.9 Å². The molecule has 32 heavy (non-hydrogen) atoms. The van der Waals surface area contributed by atoms with Gasteiger partial charge in [0.2, 0.25) is 0 Å². The van der Waals surface area contributed by atoms with Crippen molar-refractivity contribution in [1.82, 2.24) is 23.8 Å². The first-order valence-corrected chi connectivity index (χ1v) is 12.0. The monoisotopic (exact) mass is 457 g/mol. The molecular weight excluding hydrogens is 430 g/mol. The van der Waals surface area contributed by atoms with E-state index >= 15 is 0 Å². The number of benzene rings is 1. The number of aromatic nitrogens is 3. The fourth-order valence-electron chi connectivity index (χ4n) is 3.60. The second-order valence-corrected chi connectivity index (χ2v) is 9.38. The van der Waals surface area contributed by atoms with Gasteiger partial charge in [-0.2, -0.15) is 18.2 Å². The summed E-state index contributed by atoms with van der Waals surface area (Å²) in [5.74, 6) is 1.17. The highest BCUT2D eigenvalue weighted by atomic mass is 32.2. The molecular formula is C22H27N5O4S. The minimum absolute atomic E-state index is 0.350. The highest BCUT2D eigenvalue weighted by Crippen LogP contribution is 2.29. The van der Waals surface area contributed by atoms with Crippen molar-refractivity contribution in [1.29, 1.82) is 0 Å². The van der Waals surface area contributed by atoms with E-state index in [4.69, 9.17) is 4.74 Å². The summed E-state index contributed by atoms with van der Waals surface area (Å²) in [6.45, 7) is 4.69. The average Bonchev–Trinajstić information content (AvgIpc) is 3.41. The van der Waals surface area contributed by atoms with Gasteiger partial charge in [0.05, 0.1) is 17.8 Å². The summed E-state index contributed by atoms with van der Waals surface area (Å²) in [7, 11) is -2.05. The number of amides is 1. The molecule has 2 aromatic heterocycles. The van der Waals surface area contributed by atoms with Crippen molar-refractivity contribution < 1.29 is 17.9 Å². The number of rotatable bonds is 9. The lowest BCUT2D eigenvalue weighted by Crippen LogP contribution is -2.40. The third-order valence-corrected chi connectivity index (χ3v) is 6.35. The molecule has 0 spiro atoms. The predicted octanol–water partition coefficient (Wildman–Crippen LogP) is 2.44. The van der Waals surface area contributed by atoms with Crippen LogP contribution in [0.5, 0.6) is 5.75 Å². The molecule has 0 unspecified atom stereocenters. The summed E-state index contributed by atoms with van der Waals surface area (Å²) in [6, 6.07) is 7.86. The van der Waals surface area contributed by atoms with Crippen LogP contribution in [0.3, 0.4) is 0 Å². The summed E-state index contributed by atoms with van der Waals surface area (Å²) in [5.41, 5.74) is 2.36. The molecule has 4 rings (SSSR count). The third-order valence-electron chi connectivity index (χ3n) is 5.34. The summed E-state index contributed by atoms with van der Waals surface area (Å²) >= 11 is 0. The molecule has 0 aliphatic heterocycles. The Morgan fingerprint density at radius 2 is 2.09 bits per heavy atom. The van der Waals surface area contributed by atoms with Crippen molar-refractivity contribution in [3.05, 3.63) is 47.8 Å². The van der Waals surface area contributed by atoms with Crippen LogP contribution in [0.4, 0.5) is 0 Å². The molecule has 2 N–H and O–H groups in total. The van der Waals surface area contributed by atoms with Gasteiger partial charge >= 0.3 is 10.2 Å². The zero-order valence-electron chi connectivity index (χ0n) is 18.3. The number of aryl methyl sites for hydroxylation is 2. The largest absolute Gasteiger partial charge is 0.494 e. The molecule has 1 aromatic carbocycles. The highest BCUT2D eigenvalue weighted by molar-refractivity contribution is 7.88. The average molecular weight is 458 g/mol. The maximum atomic E-state index is 12.3.